The lowest BCUT2D eigenvalue weighted by Gasteiger charge is -2.15. The summed E-state index contributed by atoms with van der Waals surface area (Å²) in [5, 5.41) is 3.32. The van der Waals surface area contributed by atoms with E-state index in [4.69, 9.17) is 4.74 Å². The molecule has 0 saturated carbocycles. The second-order valence-corrected chi connectivity index (χ2v) is 5.61. The summed E-state index contributed by atoms with van der Waals surface area (Å²) >= 11 is 0. The van der Waals surface area contributed by atoms with Crippen molar-refractivity contribution in [3.05, 3.63) is 65.0 Å². The smallest absolute Gasteiger partial charge is 0.165 e. The van der Waals surface area contributed by atoms with Gasteiger partial charge in [-0.05, 0) is 48.6 Å². The fourth-order valence-corrected chi connectivity index (χ4v) is 2.84. The van der Waals surface area contributed by atoms with Crippen LogP contribution < -0.4 is 10.1 Å². The standard InChI is InChI=1S/C18H20FNO/c1-13-9-16(15-7-8-20-11-15)10-17(19)18(13)21-12-14-5-3-2-4-6-14/h2-6,9-10,15,20H,7-8,11-12H2,1H3. The van der Waals surface area contributed by atoms with Crippen LogP contribution in [0.25, 0.3) is 0 Å². The summed E-state index contributed by atoms with van der Waals surface area (Å²) in [5.41, 5.74) is 2.98. The van der Waals surface area contributed by atoms with E-state index in [9.17, 15) is 4.39 Å². The predicted molar refractivity (Wildman–Crippen MR) is 82.1 cm³/mol. The van der Waals surface area contributed by atoms with Crippen LogP contribution in [-0.2, 0) is 6.61 Å². The van der Waals surface area contributed by atoms with Gasteiger partial charge in [0.25, 0.3) is 0 Å². The average molecular weight is 285 g/mol. The Hall–Kier alpha value is -1.87. The van der Waals surface area contributed by atoms with Gasteiger partial charge in [-0.3, -0.25) is 0 Å². The molecule has 2 aromatic carbocycles. The molecule has 0 bridgehead atoms. The Labute approximate surface area is 125 Å². The van der Waals surface area contributed by atoms with E-state index in [0.29, 0.717) is 18.3 Å². The maximum absolute atomic E-state index is 14.3. The van der Waals surface area contributed by atoms with Crippen LogP contribution in [0, 0.1) is 12.7 Å². The van der Waals surface area contributed by atoms with Gasteiger partial charge < -0.3 is 10.1 Å². The average Bonchev–Trinajstić information content (AvgIpc) is 3.01. The van der Waals surface area contributed by atoms with E-state index >= 15 is 0 Å². The molecule has 2 aromatic rings. The molecule has 1 fully saturated rings. The molecule has 21 heavy (non-hydrogen) atoms. The van der Waals surface area contributed by atoms with Gasteiger partial charge in [-0.2, -0.15) is 0 Å². The van der Waals surface area contributed by atoms with E-state index in [0.717, 1.165) is 36.2 Å². The molecule has 0 aromatic heterocycles. The van der Waals surface area contributed by atoms with E-state index in [1.807, 2.05) is 37.3 Å². The monoisotopic (exact) mass is 285 g/mol. The maximum Gasteiger partial charge on any atom is 0.165 e. The summed E-state index contributed by atoms with van der Waals surface area (Å²) in [6.45, 7) is 4.25. The van der Waals surface area contributed by atoms with Crippen molar-refractivity contribution in [2.24, 2.45) is 0 Å². The van der Waals surface area contributed by atoms with Crippen molar-refractivity contribution in [3.8, 4) is 5.75 Å². The molecule has 0 radical (unpaired) electrons. The normalized spacial score (nSPS) is 17.9. The predicted octanol–water partition coefficient (Wildman–Crippen LogP) is 3.79. The fourth-order valence-electron chi connectivity index (χ4n) is 2.84. The molecule has 1 N–H and O–H groups in total. The summed E-state index contributed by atoms with van der Waals surface area (Å²) in [6, 6.07) is 13.5. The largest absolute Gasteiger partial charge is 0.486 e. The van der Waals surface area contributed by atoms with Crippen molar-refractivity contribution < 1.29 is 9.13 Å². The Morgan fingerprint density at radius 3 is 2.71 bits per heavy atom. The SMILES string of the molecule is Cc1cc(C2CCNC2)cc(F)c1OCc1ccccc1. The molecular formula is C18H20FNO. The first-order valence-corrected chi connectivity index (χ1v) is 7.41. The number of ether oxygens (including phenoxy) is 1. The van der Waals surface area contributed by atoms with E-state index in [-0.39, 0.29) is 5.82 Å². The van der Waals surface area contributed by atoms with Crippen LogP contribution >= 0.6 is 0 Å². The van der Waals surface area contributed by atoms with Crippen LogP contribution in [-0.4, -0.2) is 13.1 Å². The molecule has 1 unspecified atom stereocenters. The highest BCUT2D eigenvalue weighted by atomic mass is 19.1. The zero-order chi connectivity index (χ0) is 14.7. The molecule has 1 heterocycles. The van der Waals surface area contributed by atoms with Crippen LogP contribution in [0.5, 0.6) is 5.75 Å². The van der Waals surface area contributed by atoms with Crippen LogP contribution in [0.3, 0.4) is 0 Å². The second kappa shape index (κ2) is 6.27. The lowest BCUT2D eigenvalue weighted by atomic mass is 9.96. The third-order valence-corrected chi connectivity index (χ3v) is 4.01. The van der Waals surface area contributed by atoms with Gasteiger partial charge >= 0.3 is 0 Å². The number of halogens is 1. The molecule has 3 rings (SSSR count). The third-order valence-electron chi connectivity index (χ3n) is 4.01. The summed E-state index contributed by atoms with van der Waals surface area (Å²) in [4.78, 5) is 0. The minimum Gasteiger partial charge on any atom is -0.486 e. The van der Waals surface area contributed by atoms with Gasteiger partial charge in [-0.25, -0.2) is 4.39 Å². The van der Waals surface area contributed by atoms with Gasteiger partial charge in [0.15, 0.2) is 11.6 Å². The van der Waals surface area contributed by atoms with Crippen molar-refractivity contribution in [3.63, 3.8) is 0 Å². The van der Waals surface area contributed by atoms with E-state index in [1.54, 1.807) is 6.07 Å². The number of aryl methyl sites for hydroxylation is 1. The second-order valence-electron chi connectivity index (χ2n) is 5.61. The van der Waals surface area contributed by atoms with E-state index in [2.05, 4.69) is 11.4 Å². The van der Waals surface area contributed by atoms with Crippen molar-refractivity contribution >= 4 is 0 Å². The summed E-state index contributed by atoms with van der Waals surface area (Å²) in [6.07, 6.45) is 1.07. The number of hydrogen-bond acceptors (Lipinski definition) is 2. The van der Waals surface area contributed by atoms with Crippen molar-refractivity contribution in [2.75, 3.05) is 13.1 Å². The first-order chi connectivity index (χ1) is 10.2. The fraction of sp³-hybridized carbons (Fsp3) is 0.333. The quantitative estimate of drug-likeness (QED) is 0.923. The van der Waals surface area contributed by atoms with E-state index < -0.39 is 0 Å². The highest BCUT2D eigenvalue weighted by molar-refractivity contribution is 5.39. The van der Waals surface area contributed by atoms with Crippen molar-refractivity contribution in [1.82, 2.24) is 5.32 Å². The summed E-state index contributed by atoms with van der Waals surface area (Å²) in [7, 11) is 0. The molecule has 0 aliphatic carbocycles. The highest BCUT2D eigenvalue weighted by Gasteiger charge is 2.19. The minimum absolute atomic E-state index is 0.257. The Morgan fingerprint density at radius 1 is 1.24 bits per heavy atom. The van der Waals surface area contributed by atoms with Gasteiger partial charge in [0.05, 0.1) is 0 Å². The molecule has 0 spiro atoms. The first kappa shape index (κ1) is 14.1. The Bertz CT molecular complexity index is 583. The number of rotatable bonds is 4. The Morgan fingerprint density at radius 2 is 2.05 bits per heavy atom. The van der Waals surface area contributed by atoms with Crippen LogP contribution in [0.2, 0.25) is 0 Å². The third kappa shape index (κ3) is 3.24. The van der Waals surface area contributed by atoms with Crippen molar-refractivity contribution in [1.29, 1.82) is 0 Å². The van der Waals surface area contributed by atoms with Gasteiger partial charge in [-0.1, -0.05) is 36.4 Å². The highest BCUT2D eigenvalue weighted by Crippen LogP contribution is 2.30. The lowest BCUT2D eigenvalue weighted by Crippen LogP contribution is -2.08. The van der Waals surface area contributed by atoms with E-state index in [1.165, 1.54) is 0 Å². The minimum atomic E-state index is -0.257. The molecule has 1 atom stereocenters. The number of hydrogen-bond donors (Lipinski definition) is 1. The van der Waals surface area contributed by atoms with Gasteiger partial charge in [0, 0.05) is 6.54 Å². The zero-order valence-electron chi connectivity index (χ0n) is 12.2. The number of benzene rings is 2. The molecule has 1 aliphatic heterocycles. The molecule has 0 amide bonds. The first-order valence-electron chi connectivity index (χ1n) is 7.41. The Kier molecular flexibility index (Phi) is 4.20. The summed E-state index contributed by atoms with van der Waals surface area (Å²) in [5.74, 6) is 0.530. The molecule has 1 aliphatic rings. The maximum atomic E-state index is 14.3. The van der Waals surface area contributed by atoms with Gasteiger partial charge in [0.2, 0.25) is 0 Å². The van der Waals surface area contributed by atoms with Crippen LogP contribution in [0.4, 0.5) is 4.39 Å². The Balaban J connectivity index is 1.76. The summed E-state index contributed by atoms with van der Waals surface area (Å²) < 4.78 is 20.0. The van der Waals surface area contributed by atoms with Crippen LogP contribution in [0.1, 0.15) is 29.0 Å². The van der Waals surface area contributed by atoms with Gasteiger partial charge in [0.1, 0.15) is 6.61 Å². The van der Waals surface area contributed by atoms with Crippen LogP contribution in [0.15, 0.2) is 42.5 Å². The molecule has 110 valence electrons. The molecule has 2 nitrogen and oxygen atoms in total. The molecule has 1 saturated heterocycles. The number of nitrogens with one attached hydrogen (secondary N) is 1. The van der Waals surface area contributed by atoms with Gasteiger partial charge in [-0.15, -0.1) is 0 Å². The molecular weight excluding hydrogens is 265 g/mol. The topological polar surface area (TPSA) is 21.3 Å². The zero-order valence-corrected chi connectivity index (χ0v) is 12.2. The van der Waals surface area contributed by atoms with Crippen molar-refractivity contribution in [2.45, 2.75) is 25.9 Å². The molecule has 3 heteroatoms. The lowest BCUT2D eigenvalue weighted by molar-refractivity contribution is 0.288.